The molecule has 2 aromatic heterocycles. The van der Waals surface area contributed by atoms with Gasteiger partial charge in [0.15, 0.2) is 0 Å². The topological polar surface area (TPSA) is 58.5 Å². The molecule has 0 radical (unpaired) electrons. The molecule has 0 atom stereocenters. The lowest BCUT2D eigenvalue weighted by Crippen LogP contribution is -1.99. The first-order valence-corrected chi connectivity index (χ1v) is 5.88. The second-order valence-corrected chi connectivity index (χ2v) is 4.44. The van der Waals surface area contributed by atoms with Crippen molar-refractivity contribution in [1.82, 2.24) is 20.0 Å². The zero-order valence-electron chi connectivity index (χ0n) is 10.4. The molecule has 0 bridgehead atoms. The zero-order valence-corrected chi connectivity index (χ0v) is 10.4. The highest BCUT2D eigenvalue weighted by Gasteiger charge is 2.03. The van der Waals surface area contributed by atoms with E-state index in [2.05, 4.69) is 26.7 Å². The Kier molecular flexibility index (Phi) is 2.51. The molecule has 5 nitrogen and oxygen atoms in total. The van der Waals surface area contributed by atoms with Gasteiger partial charge < -0.3 is 5.32 Å². The predicted octanol–water partition coefficient (Wildman–Crippen LogP) is 2.22. The molecule has 0 fully saturated rings. The Bertz CT molecular complexity index is 680. The Morgan fingerprint density at radius 3 is 3.06 bits per heavy atom. The van der Waals surface area contributed by atoms with Crippen molar-refractivity contribution < 1.29 is 0 Å². The standard InChI is InChI=1S/C13H15N5/c1-9-11(8-18(2)17-9)6-14-12-3-4-13-10(5-12)7-15-16-13/h3-5,7-8,14H,6H2,1-2H3,(H,15,16). The molecule has 5 heteroatoms. The highest BCUT2D eigenvalue weighted by atomic mass is 15.2. The molecule has 2 heterocycles. The molecule has 1 aromatic carbocycles. The van der Waals surface area contributed by atoms with E-state index in [0.29, 0.717) is 0 Å². The number of anilines is 1. The van der Waals surface area contributed by atoms with Crippen LogP contribution in [0.15, 0.2) is 30.6 Å². The average Bonchev–Trinajstić information content (AvgIpc) is 2.92. The number of aromatic nitrogens is 4. The molecule has 0 amide bonds. The first-order chi connectivity index (χ1) is 8.72. The van der Waals surface area contributed by atoms with Crippen LogP contribution in [-0.2, 0) is 13.6 Å². The quantitative estimate of drug-likeness (QED) is 0.739. The van der Waals surface area contributed by atoms with Crippen molar-refractivity contribution in [3.63, 3.8) is 0 Å². The largest absolute Gasteiger partial charge is 0.381 e. The predicted molar refractivity (Wildman–Crippen MR) is 71.4 cm³/mol. The van der Waals surface area contributed by atoms with Gasteiger partial charge in [0.1, 0.15) is 0 Å². The van der Waals surface area contributed by atoms with E-state index in [-0.39, 0.29) is 0 Å². The Balaban J connectivity index is 1.78. The molecular formula is C13H15N5. The van der Waals surface area contributed by atoms with Crippen LogP contribution in [0, 0.1) is 6.92 Å². The van der Waals surface area contributed by atoms with E-state index >= 15 is 0 Å². The molecule has 3 rings (SSSR count). The number of benzene rings is 1. The maximum atomic E-state index is 4.33. The van der Waals surface area contributed by atoms with Crippen molar-refractivity contribution in [2.75, 3.05) is 5.32 Å². The minimum absolute atomic E-state index is 0.781. The number of hydrogen-bond acceptors (Lipinski definition) is 3. The first kappa shape index (κ1) is 10.8. The van der Waals surface area contributed by atoms with Gasteiger partial charge in [-0.25, -0.2) is 0 Å². The van der Waals surface area contributed by atoms with Gasteiger partial charge >= 0.3 is 0 Å². The molecule has 0 aliphatic heterocycles. The van der Waals surface area contributed by atoms with Crippen molar-refractivity contribution >= 4 is 16.6 Å². The van der Waals surface area contributed by atoms with Crippen molar-refractivity contribution in [1.29, 1.82) is 0 Å². The van der Waals surface area contributed by atoms with E-state index in [0.717, 1.165) is 28.8 Å². The first-order valence-electron chi connectivity index (χ1n) is 5.88. The summed E-state index contributed by atoms with van der Waals surface area (Å²) in [7, 11) is 1.94. The maximum absolute atomic E-state index is 4.33. The van der Waals surface area contributed by atoms with E-state index in [9.17, 15) is 0 Å². The van der Waals surface area contributed by atoms with E-state index in [1.54, 1.807) is 0 Å². The van der Waals surface area contributed by atoms with Gasteiger partial charge in [0.25, 0.3) is 0 Å². The summed E-state index contributed by atoms with van der Waals surface area (Å²) in [6, 6.07) is 6.16. The average molecular weight is 241 g/mol. The monoisotopic (exact) mass is 241 g/mol. The lowest BCUT2D eigenvalue weighted by Gasteiger charge is -2.05. The number of rotatable bonds is 3. The second kappa shape index (κ2) is 4.18. The highest BCUT2D eigenvalue weighted by Crippen LogP contribution is 2.17. The number of nitrogens with one attached hydrogen (secondary N) is 2. The smallest absolute Gasteiger partial charge is 0.0651 e. The van der Waals surface area contributed by atoms with Crippen molar-refractivity contribution in [2.24, 2.45) is 7.05 Å². The van der Waals surface area contributed by atoms with Crippen LogP contribution in [0.1, 0.15) is 11.3 Å². The fraction of sp³-hybridized carbons (Fsp3) is 0.231. The van der Waals surface area contributed by atoms with Crippen LogP contribution >= 0.6 is 0 Å². The van der Waals surface area contributed by atoms with Gasteiger partial charge in [-0.2, -0.15) is 10.2 Å². The summed E-state index contributed by atoms with van der Waals surface area (Å²) in [6.07, 6.45) is 3.87. The summed E-state index contributed by atoms with van der Waals surface area (Å²) < 4.78 is 1.84. The van der Waals surface area contributed by atoms with Gasteiger partial charge in [-0.15, -0.1) is 0 Å². The summed E-state index contributed by atoms with van der Waals surface area (Å²) in [4.78, 5) is 0. The van der Waals surface area contributed by atoms with Gasteiger partial charge in [0, 0.05) is 36.4 Å². The molecule has 92 valence electrons. The van der Waals surface area contributed by atoms with Crippen LogP contribution in [-0.4, -0.2) is 20.0 Å². The number of aromatic amines is 1. The molecule has 0 saturated carbocycles. The minimum Gasteiger partial charge on any atom is -0.381 e. The lowest BCUT2D eigenvalue weighted by atomic mass is 10.2. The van der Waals surface area contributed by atoms with Crippen LogP contribution in [0.4, 0.5) is 5.69 Å². The van der Waals surface area contributed by atoms with Crippen molar-refractivity contribution in [3.05, 3.63) is 41.9 Å². The zero-order chi connectivity index (χ0) is 12.5. The SMILES string of the molecule is Cc1nn(C)cc1CNc1ccc2[nH]ncc2c1. The Labute approximate surface area is 105 Å². The molecule has 0 aliphatic rings. The molecule has 18 heavy (non-hydrogen) atoms. The minimum atomic E-state index is 0.781. The van der Waals surface area contributed by atoms with Crippen molar-refractivity contribution in [3.8, 4) is 0 Å². The van der Waals surface area contributed by atoms with E-state index < -0.39 is 0 Å². The molecule has 3 aromatic rings. The van der Waals surface area contributed by atoms with E-state index in [1.165, 1.54) is 5.56 Å². The second-order valence-electron chi connectivity index (χ2n) is 4.44. The third-order valence-corrected chi connectivity index (χ3v) is 3.04. The van der Waals surface area contributed by atoms with Gasteiger partial charge in [-0.3, -0.25) is 9.78 Å². The van der Waals surface area contributed by atoms with Crippen LogP contribution < -0.4 is 5.32 Å². The number of H-pyrrole nitrogens is 1. The van der Waals surface area contributed by atoms with Crippen LogP contribution in [0.5, 0.6) is 0 Å². The molecule has 2 N–H and O–H groups in total. The number of nitrogens with zero attached hydrogens (tertiary/aromatic N) is 3. The number of hydrogen-bond donors (Lipinski definition) is 2. The van der Waals surface area contributed by atoms with Gasteiger partial charge in [0.05, 0.1) is 17.4 Å². The molecule has 0 saturated heterocycles. The summed E-state index contributed by atoms with van der Waals surface area (Å²) in [5.41, 5.74) is 4.42. The van der Waals surface area contributed by atoms with Crippen LogP contribution in [0.3, 0.4) is 0 Å². The lowest BCUT2D eigenvalue weighted by molar-refractivity contribution is 0.756. The summed E-state index contributed by atoms with van der Waals surface area (Å²) in [5.74, 6) is 0. The molecule has 0 unspecified atom stereocenters. The number of aryl methyl sites for hydroxylation is 2. The third kappa shape index (κ3) is 1.95. The summed E-state index contributed by atoms with van der Waals surface area (Å²) in [5, 5.41) is 15.8. The maximum Gasteiger partial charge on any atom is 0.0651 e. The summed E-state index contributed by atoms with van der Waals surface area (Å²) in [6.45, 7) is 2.80. The highest BCUT2D eigenvalue weighted by molar-refractivity contribution is 5.81. The van der Waals surface area contributed by atoms with Gasteiger partial charge in [-0.05, 0) is 25.1 Å². The van der Waals surface area contributed by atoms with E-state index in [4.69, 9.17) is 0 Å². The van der Waals surface area contributed by atoms with Gasteiger partial charge in [0.2, 0.25) is 0 Å². The number of fused-ring (bicyclic) bond motifs is 1. The fourth-order valence-corrected chi connectivity index (χ4v) is 2.07. The molecular weight excluding hydrogens is 226 g/mol. The Morgan fingerprint density at radius 2 is 2.28 bits per heavy atom. The van der Waals surface area contributed by atoms with Gasteiger partial charge in [-0.1, -0.05) is 0 Å². The fourth-order valence-electron chi connectivity index (χ4n) is 2.07. The van der Waals surface area contributed by atoms with E-state index in [1.807, 2.05) is 43.2 Å². The van der Waals surface area contributed by atoms with Crippen molar-refractivity contribution in [2.45, 2.75) is 13.5 Å². The molecule has 0 aliphatic carbocycles. The molecule has 0 spiro atoms. The van der Waals surface area contributed by atoms with Crippen LogP contribution in [0.2, 0.25) is 0 Å². The van der Waals surface area contributed by atoms with Crippen LogP contribution in [0.25, 0.3) is 10.9 Å². The third-order valence-electron chi connectivity index (χ3n) is 3.04. The Hall–Kier alpha value is -2.30. The summed E-state index contributed by atoms with van der Waals surface area (Å²) >= 11 is 0. The Morgan fingerprint density at radius 1 is 1.39 bits per heavy atom. The normalized spacial score (nSPS) is 11.0.